The number of benzene rings is 2. The number of rotatable bonds is 5. The Labute approximate surface area is 174 Å². The van der Waals surface area contributed by atoms with E-state index in [4.69, 9.17) is 11.6 Å². The van der Waals surface area contributed by atoms with E-state index in [2.05, 4.69) is 10.6 Å². The third kappa shape index (κ3) is 4.21. The van der Waals surface area contributed by atoms with Gasteiger partial charge in [0.25, 0.3) is 5.56 Å². The summed E-state index contributed by atoms with van der Waals surface area (Å²) in [6.45, 7) is 3.53. The molecule has 150 valence electrons. The molecule has 3 aromatic rings. The number of nitrogens with one attached hydrogen (secondary N) is 2. The van der Waals surface area contributed by atoms with Gasteiger partial charge in [0.05, 0.1) is 5.92 Å². The number of pyridine rings is 1. The zero-order valence-electron chi connectivity index (χ0n) is 16.3. The summed E-state index contributed by atoms with van der Waals surface area (Å²) >= 11 is 5.94. The summed E-state index contributed by atoms with van der Waals surface area (Å²) < 4.78 is 1.76. The molecule has 0 bridgehead atoms. The Morgan fingerprint density at radius 2 is 2.00 bits per heavy atom. The fraction of sp³-hybridized carbons (Fsp3) is 0.304. The molecule has 1 amide bonds. The van der Waals surface area contributed by atoms with Crippen LogP contribution < -0.4 is 16.2 Å². The second-order valence-corrected chi connectivity index (χ2v) is 8.03. The minimum absolute atomic E-state index is 0.0296. The van der Waals surface area contributed by atoms with E-state index in [9.17, 15) is 9.59 Å². The van der Waals surface area contributed by atoms with E-state index >= 15 is 0 Å². The summed E-state index contributed by atoms with van der Waals surface area (Å²) in [6, 6.07) is 15.0. The van der Waals surface area contributed by atoms with Crippen molar-refractivity contribution >= 4 is 34.0 Å². The highest BCUT2D eigenvalue weighted by Gasteiger charge is 2.18. The molecule has 0 spiro atoms. The van der Waals surface area contributed by atoms with Crippen molar-refractivity contribution in [2.24, 2.45) is 0 Å². The predicted octanol–water partition coefficient (Wildman–Crippen LogP) is 4.15. The Kier molecular flexibility index (Phi) is 5.69. The topological polar surface area (TPSA) is 63.1 Å². The van der Waals surface area contributed by atoms with Crippen molar-refractivity contribution in [2.45, 2.75) is 38.3 Å². The minimum atomic E-state index is -0.337. The van der Waals surface area contributed by atoms with Crippen molar-refractivity contribution in [2.75, 3.05) is 11.9 Å². The first-order valence-corrected chi connectivity index (χ1v) is 10.3. The van der Waals surface area contributed by atoms with Crippen LogP contribution in [0, 0.1) is 0 Å². The maximum atomic E-state index is 13.0. The van der Waals surface area contributed by atoms with Crippen LogP contribution >= 0.6 is 11.6 Å². The first kappa shape index (κ1) is 19.7. The Balaban J connectivity index is 1.59. The summed E-state index contributed by atoms with van der Waals surface area (Å²) in [4.78, 5) is 25.7. The van der Waals surface area contributed by atoms with Crippen molar-refractivity contribution in [3.63, 3.8) is 0 Å². The Morgan fingerprint density at radius 1 is 1.21 bits per heavy atom. The first-order chi connectivity index (χ1) is 14.0. The summed E-state index contributed by atoms with van der Waals surface area (Å²) in [5, 5.41) is 8.42. The number of halogens is 1. The maximum Gasteiger partial charge on any atom is 0.258 e. The van der Waals surface area contributed by atoms with Gasteiger partial charge in [0.1, 0.15) is 0 Å². The van der Waals surface area contributed by atoms with Crippen molar-refractivity contribution in [1.82, 2.24) is 9.88 Å². The molecule has 1 unspecified atom stereocenters. The van der Waals surface area contributed by atoms with E-state index in [0.29, 0.717) is 28.7 Å². The van der Waals surface area contributed by atoms with Gasteiger partial charge in [-0.25, -0.2) is 0 Å². The number of carbonyl (C=O) groups excluding carboxylic acids is 1. The SMILES string of the molecule is CC(C(=O)Nc1cccc2c(=O)n(C[C@H]3CCCN3)ccc12)c1ccc(Cl)cc1. The van der Waals surface area contributed by atoms with Crippen molar-refractivity contribution in [3.8, 4) is 0 Å². The van der Waals surface area contributed by atoms with Crippen LogP contribution in [0.4, 0.5) is 5.69 Å². The van der Waals surface area contributed by atoms with Crippen LogP contribution in [0.25, 0.3) is 10.8 Å². The van der Waals surface area contributed by atoms with E-state index in [1.54, 1.807) is 16.7 Å². The third-order valence-electron chi connectivity index (χ3n) is 5.62. The summed E-state index contributed by atoms with van der Waals surface area (Å²) in [7, 11) is 0. The average molecular weight is 410 g/mol. The van der Waals surface area contributed by atoms with Gasteiger partial charge >= 0.3 is 0 Å². The fourth-order valence-electron chi connectivity index (χ4n) is 3.86. The summed E-state index contributed by atoms with van der Waals surface area (Å²) in [5.74, 6) is -0.463. The van der Waals surface area contributed by atoms with Gasteiger partial charge in [0, 0.05) is 40.3 Å². The quantitative estimate of drug-likeness (QED) is 0.665. The molecule has 4 rings (SSSR count). The lowest BCUT2D eigenvalue weighted by Gasteiger charge is -2.16. The smallest absolute Gasteiger partial charge is 0.258 e. The summed E-state index contributed by atoms with van der Waals surface area (Å²) in [6.07, 6.45) is 4.06. The van der Waals surface area contributed by atoms with Crippen LogP contribution in [-0.4, -0.2) is 23.1 Å². The molecule has 6 heteroatoms. The lowest BCUT2D eigenvalue weighted by molar-refractivity contribution is -0.117. The monoisotopic (exact) mass is 409 g/mol. The molecular formula is C23H24ClN3O2. The molecule has 5 nitrogen and oxygen atoms in total. The molecule has 0 saturated carbocycles. The van der Waals surface area contributed by atoms with Crippen LogP contribution in [0.2, 0.25) is 5.02 Å². The van der Waals surface area contributed by atoms with Crippen molar-refractivity contribution < 1.29 is 4.79 Å². The van der Waals surface area contributed by atoms with Gasteiger partial charge in [-0.2, -0.15) is 0 Å². The lowest BCUT2D eigenvalue weighted by atomic mass is 10.00. The second-order valence-electron chi connectivity index (χ2n) is 7.60. The van der Waals surface area contributed by atoms with Gasteiger partial charge in [0.15, 0.2) is 0 Å². The molecule has 0 radical (unpaired) electrons. The number of amides is 1. The van der Waals surface area contributed by atoms with Crippen molar-refractivity contribution in [1.29, 1.82) is 0 Å². The lowest BCUT2D eigenvalue weighted by Crippen LogP contribution is -2.32. The molecule has 1 fully saturated rings. The van der Waals surface area contributed by atoms with Gasteiger partial charge in [-0.05, 0) is 62.2 Å². The Morgan fingerprint density at radius 3 is 2.72 bits per heavy atom. The number of carbonyl (C=O) groups is 1. The van der Waals surface area contributed by atoms with Crippen LogP contribution in [0.1, 0.15) is 31.2 Å². The normalized spacial score (nSPS) is 17.4. The molecule has 29 heavy (non-hydrogen) atoms. The molecule has 2 aromatic carbocycles. The van der Waals surface area contributed by atoms with Gasteiger partial charge in [-0.3, -0.25) is 9.59 Å². The van der Waals surface area contributed by atoms with E-state index < -0.39 is 0 Å². The van der Waals surface area contributed by atoms with Crippen molar-refractivity contribution in [3.05, 3.63) is 75.7 Å². The van der Waals surface area contributed by atoms with Crippen LogP contribution in [0.15, 0.2) is 59.5 Å². The number of anilines is 1. The molecule has 2 heterocycles. The van der Waals surface area contributed by atoms with Gasteiger partial charge in [-0.15, -0.1) is 0 Å². The zero-order valence-corrected chi connectivity index (χ0v) is 17.1. The Bertz CT molecular complexity index is 1090. The van der Waals surface area contributed by atoms with E-state index in [-0.39, 0.29) is 17.4 Å². The van der Waals surface area contributed by atoms with E-state index in [0.717, 1.165) is 30.3 Å². The highest BCUT2D eigenvalue weighted by atomic mass is 35.5. The Hall–Kier alpha value is -2.63. The van der Waals surface area contributed by atoms with Crippen LogP contribution in [-0.2, 0) is 11.3 Å². The molecule has 0 aliphatic carbocycles. The number of fused-ring (bicyclic) bond motifs is 1. The second kappa shape index (κ2) is 8.39. The predicted molar refractivity (Wildman–Crippen MR) is 118 cm³/mol. The van der Waals surface area contributed by atoms with Gasteiger partial charge < -0.3 is 15.2 Å². The first-order valence-electron chi connectivity index (χ1n) is 9.95. The van der Waals surface area contributed by atoms with Gasteiger partial charge in [-0.1, -0.05) is 29.8 Å². The molecule has 1 aromatic heterocycles. The number of nitrogens with zero attached hydrogens (tertiary/aromatic N) is 1. The maximum absolute atomic E-state index is 13.0. The number of hydrogen-bond acceptors (Lipinski definition) is 3. The zero-order chi connectivity index (χ0) is 20.4. The highest BCUT2D eigenvalue weighted by molar-refractivity contribution is 6.30. The average Bonchev–Trinajstić information content (AvgIpc) is 3.24. The van der Waals surface area contributed by atoms with Crippen LogP contribution in [0.3, 0.4) is 0 Å². The van der Waals surface area contributed by atoms with E-state index in [1.165, 1.54) is 0 Å². The standard InChI is InChI=1S/C23H24ClN3O2/c1-15(16-7-9-17(24)10-8-16)22(28)26-21-6-2-5-20-19(21)11-13-27(23(20)29)14-18-4-3-12-25-18/h2,5-11,13,15,18,25H,3-4,12,14H2,1H3,(H,26,28)/t15?,18-/m1/s1. The molecule has 2 N–H and O–H groups in total. The van der Waals surface area contributed by atoms with Gasteiger partial charge in [0.2, 0.25) is 5.91 Å². The largest absolute Gasteiger partial charge is 0.325 e. The number of hydrogen-bond donors (Lipinski definition) is 2. The fourth-order valence-corrected chi connectivity index (χ4v) is 3.99. The van der Waals surface area contributed by atoms with E-state index in [1.807, 2.05) is 49.5 Å². The minimum Gasteiger partial charge on any atom is -0.325 e. The third-order valence-corrected chi connectivity index (χ3v) is 5.87. The number of aromatic nitrogens is 1. The molecule has 1 aliphatic rings. The highest BCUT2D eigenvalue weighted by Crippen LogP contribution is 2.24. The molecule has 2 atom stereocenters. The molecule has 1 saturated heterocycles. The summed E-state index contributed by atoms with van der Waals surface area (Å²) in [5.41, 5.74) is 1.51. The van der Waals surface area contributed by atoms with Crippen LogP contribution in [0.5, 0.6) is 0 Å². The molecular weight excluding hydrogens is 386 g/mol. The molecule has 1 aliphatic heterocycles.